The molecule has 0 bridgehead atoms. The molecule has 1 aromatic heterocycles. The van der Waals surface area contributed by atoms with E-state index in [2.05, 4.69) is 33.4 Å². The number of rotatable bonds is 5. The summed E-state index contributed by atoms with van der Waals surface area (Å²) in [4.78, 5) is 15.9. The van der Waals surface area contributed by atoms with Gasteiger partial charge in [-0.05, 0) is 48.4 Å². The minimum Gasteiger partial charge on any atom is -0.378 e. The van der Waals surface area contributed by atoms with E-state index < -0.39 is 5.83 Å². The largest absolute Gasteiger partial charge is 0.378 e. The summed E-state index contributed by atoms with van der Waals surface area (Å²) in [6, 6.07) is 12.6. The van der Waals surface area contributed by atoms with Crippen molar-refractivity contribution in [3.8, 4) is 28.9 Å². The molecule has 8 heteroatoms. The monoisotopic (exact) mass is 389 g/mol. The van der Waals surface area contributed by atoms with Gasteiger partial charge in [0.2, 0.25) is 11.7 Å². The van der Waals surface area contributed by atoms with Crippen LogP contribution in [0.25, 0.3) is 22.8 Å². The first-order valence-corrected chi connectivity index (χ1v) is 8.92. The van der Waals surface area contributed by atoms with Gasteiger partial charge in [0.1, 0.15) is 11.9 Å². The third kappa shape index (κ3) is 3.84. The summed E-state index contributed by atoms with van der Waals surface area (Å²) in [5.74, 6) is 0.163. The van der Waals surface area contributed by atoms with Crippen LogP contribution in [-0.4, -0.2) is 22.6 Å². The fourth-order valence-corrected chi connectivity index (χ4v) is 3.10. The molecule has 7 nitrogen and oxygen atoms in total. The number of nitriles is 1. The van der Waals surface area contributed by atoms with E-state index in [1.807, 2.05) is 18.2 Å². The van der Waals surface area contributed by atoms with Gasteiger partial charge in [-0.2, -0.15) is 10.2 Å². The van der Waals surface area contributed by atoms with Gasteiger partial charge in [-0.3, -0.25) is 4.79 Å². The maximum atomic E-state index is 12.9. The molecule has 1 aliphatic heterocycles. The third-order valence-electron chi connectivity index (χ3n) is 4.54. The molecule has 1 amide bonds. The maximum absolute atomic E-state index is 12.9. The van der Waals surface area contributed by atoms with E-state index in [1.165, 1.54) is 0 Å². The van der Waals surface area contributed by atoms with Crippen molar-refractivity contribution in [1.82, 2.24) is 10.1 Å². The van der Waals surface area contributed by atoms with Crippen LogP contribution in [0, 0.1) is 11.3 Å². The van der Waals surface area contributed by atoms with Crippen molar-refractivity contribution in [1.29, 1.82) is 5.26 Å². The van der Waals surface area contributed by atoms with Crippen LogP contribution in [0.4, 0.5) is 15.8 Å². The Morgan fingerprint density at radius 1 is 1.28 bits per heavy atom. The lowest BCUT2D eigenvalue weighted by molar-refractivity contribution is -0.116. The van der Waals surface area contributed by atoms with Gasteiger partial charge in [0.05, 0.1) is 17.8 Å². The lowest BCUT2D eigenvalue weighted by atomic mass is 10.0. The number of carbonyl (C=O) groups excluding carboxylic acids is 1. The molecule has 0 spiro atoms. The van der Waals surface area contributed by atoms with Crippen LogP contribution in [0.1, 0.15) is 17.5 Å². The van der Waals surface area contributed by atoms with Gasteiger partial charge in [-0.1, -0.05) is 11.7 Å². The van der Waals surface area contributed by atoms with Crippen LogP contribution in [0.15, 0.2) is 53.3 Å². The molecule has 0 atom stereocenters. The minimum absolute atomic E-state index is 0.00848. The Bertz CT molecular complexity index is 1160. The van der Waals surface area contributed by atoms with Crippen LogP contribution in [0.5, 0.6) is 0 Å². The molecule has 1 aliphatic rings. The molecule has 144 valence electrons. The Labute approximate surface area is 165 Å². The third-order valence-corrected chi connectivity index (χ3v) is 4.54. The molecule has 0 radical (unpaired) electrons. The second-order valence-electron chi connectivity index (χ2n) is 6.59. The molecular weight excluding hydrogens is 373 g/mol. The maximum Gasteiger partial charge on any atom is 0.258 e. The van der Waals surface area contributed by atoms with Gasteiger partial charge in [0.15, 0.2) is 0 Å². The Morgan fingerprint density at radius 2 is 2.10 bits per heavy atom. The molecule has 2 heterocycles. The molecule has 0 unspecified atom stereocenters. The topological polar surface area (TPSA) is 104 Å². The highest BCUT2D eigenvalue weighted by Crippen LogP contribution is 2.30. The highest BCUT2D eigenvalue weighted by Gasteiger charge is 2.18. The number of hydrogen-bond donors (Lipinski definition) is 2. The van der Waals surface area contributed by atoms with Crippen LogP contribution in [0.2, 0.25) is 0 Å². The minimum atomic E-state index is -0.524. The van der Waals surface area contributed by atoms with Crippen LogP contribution < -0.4 is 10.6 Å². The number of hydrogen-bond acceptors (Lipinski definition) is 6. The second-order valence-corrected chi connectivity index (χ2v) is 6.59. The zero-order chi connectivity index (χ0) is 20.4. The number of carbonyl (C=O) groups is 1. The summed E-state index contributed by atoms with van der Waals surface area (Å²) < 4.78 is 18.2. The number of amides is 1. The molecule has 0 aliphatic carbocycles. The first-order chi connectivity index (χ1) is 14.0. The smallest absolute Gasteiger partial charge is 0.258 e. The highest BCUT2D eigenvalue weighted by molar-refractivity contribution is 5.94. The van der Waals surface area contributed by atoms with Crippen molar-refractivity contribution in [3.63, 3.8) is 0 Å². The van der Waals surface area contributed by atoms with Crippen LogP contribution >= 0.6 is 0 Å². The van der Waals surface area contributed by atoms with Gasteiger partial charge in [-0.15, -0.1) is 0 Å². The Kier molecular flexibility index (Phi) is 4.79. The van der Waals surface area contributed by atoms with Gasteiger partial charge in [-0.25, -0.2) is 4.39 Å². The summed E-state index contributed by atoms with van der Waals surface area (Å²) in [6.07, 6.45) is 1.10. The fraction of sp³-hybridized carbons (Fsp3) is 0.143. The van der Waals surface area contributed by atoms with Crippen molar-refractivity contribution < 1.29 is 13.7 Å². The normalized spacial score (nSPS) is 12.6. The standard InChI is InChI=1S/C21H16FN5O2/c1-12(22)11-24-17-5-3-15(9-16(17)10-23)21-26-20(27-29-21)14-2-6-18-13(8-14)4-7-19(28)25-18/h2-3,5-6,8-9,24H,1,4,7,11H2,(H,25,28). The molecule has 2 N–H and O–H groups in total. The number of aryl methyl sites for hydroxylation is 1. The van der Waals surface area contributed by atoms with Crippen LogP contribution in [0.3, 0.4) is 0 Å². The molecule has 0 saturated carbocycles. The summed E-state index contributed by atoms with van der Waals surface area (Å²) in [6.45, 7) is 3.12. The lowest BCUT2D eigenvalue weighted by Crippen LogP contribution is -2.18. The molecule has 0 saturated heterocycles. The first kappa shape index (κ1) is 18.4. The highest BCUT2D eigenvalue weighted by atomic mass is 19.1. The van der Waals surface area contributed by atoms with E-state index in [1.54, 1.807) is 18.2 Å². The number of anilines is 2. The number of benzene rings is 2. The Hall–Kier alpha value is -3.99. The number of nitrogens with one attached hydrogen (secondary N) is 2. The summed E-state index contributed by atoms with van der Waals surface area (Å²) in [5, 5.41) is 19.0. The summed E-state index contributed by atoms with van der Waals surface area (Å²) >= 11 is 0. The SMILES string of the molecule is C=C(F)CNc1ccc(-c2nc(-c3ccc4c(c3)CCC(=O)N4)no2)cc1C#N. The average Bonchev–Trinajstić information content (AvgIpc) is 3.22. The van der Waals surface area contributed by atoms with E-state index in [9.17, 15) is 14.4 Å². The predicted octanol–water partition coefficient (Wildman–Crippen LogP) is 4.06. The van der Waals surface area contributed by atoms with Gasteiger partial charge < -0.3 is 15.2 Å². The average molecular weight is 389 g/mol. The molecule has 4 rings (SSSR count). The lowest BCUT2D eigenvalue weighted by Gasteiger charge is -2.16. The van der Waals surface area contributed by atoms with Crippen molar-refractivity contribution in [3.05, 3.63) is 59.9 Å². The predicted molar refractivity (Wildman–Crippen MR) is 106 cm³/mol. The van der Waals surface area contributed by atoms with Gasteiger partial charge >= 0.3 is 0 Å². The molecule has 0 fully saturated rings. The van der Waals surface area contributed by atoms with Crippen LogP contribution in [-0.2, 0) is 11.2 Å². The van der Waals surface area contributed by atoms with Gasteiger partial charge in [0, 0.05) is 23.2 Å². The molecular formula is C21H16FN5O2. The quantitative estimate of drug-likeness (QED) is 0.682. The number of aromatic nitrogens is 2. The fourth-order valence-electron chi connectivity index (χ4n) is 3.10. The molecule has 3 aromatic rings. The Balaban J connectivity index is 1.60. The van der Waals surface area contributed by atoms with Crippen molar-refractivity contribution in [2.24, 2.45) is 0 Å². The van der Waals surface area contributed by atoms with Crippen molar-refractivity contribution >= 4 is 17.3 Å². The molecule has 29 heavy (non-hydrogen) atoms. The zero-order valence-corrected chi connectivity index (χ0v) is 15.3. The van der Waals surface area contributed by atoms with E-state index in [0.717, 1.165) is 16.8 Å². The second kappa shape index (κ2) is 7.56. The number of fused-ring (bicyclic) bond motifs is 1. The Morgan fingerprint density at radius 3 is 2.90 bits per heavy atom. The summed E-state index contributed by atoms with van der Waals surface area (Å²) in [5.41, 5.74) is 3.99. The van der Waals surface area contributed by atoms with Gasteiger partial charge in [0.25, 0.3) is 5.89 Å². The van der Waals surface area contributed by atoms with E-state index in [0.29, 0.717) is 35.5 Å². The van der Waals surface area contributed by atoms with E-state index in [-0.39, 0.29) is 18.3 Å². The number of nitrogens with zero attached hydrogens (tertiary/aromatic N) is 3. The summed E-state index contributed by atoms with van der Waals surface area (Å²) in [7, 11) is 0. The van der Waals surface area contributed by atoms with E-state index in [4.69, 9.17) is 4.52 Å². The number of halogens is 1. The van der Waals surface area contributed by atoms with Crippen molar-refractivity contribution in [2.45, 2.75) is 12.8 Å². The first-order valence-electron chi connectivity index (χ1n) is 8.92. The van der Waals surface area contributed by atoms with Crippen molar-refractivity contribution in [2.75, 3.05) is 17.2 Å². The molecule has 2 aromatic carbocycles. The zero-order valence-electron chi connectivity index (χ0n) is 15.3. The van der Waals surface area contributed by atoms with E-state index >= 15 is 0 Å².